The summed E-state index contributed by atoms with van der Waals surface area (Å²) in [5.41, 5.74) is 0. The summed E-state index contributed by atoms with van der Waals surface area (Å²) >= 11 is 0. The number of carboxylic acids is 1. The van der Waals surface area contributed by atoms with Crippen molar-refractivity contribution in [1.29, 1.82) is 0 Å². The van der Waals surface area contributed by atoms with E-state index in [4.69, 9.17) is 5.11 Å². The molecule has 1 heterocycles. The Labute approximate surface area is 107 Å². The molecule has 1 saturated heterocycles. The summed E-state index contributed by atoms with van der Waals surface area (Å²) in [6.07, 6.45) is 8.70. The zero-order valence-electron chi connectivity index (χ0n) is 10.5. The molecule has 1 aliphatic heterocycles. The number of hydrogen-bond acceptors (Lipinski definition) is 2. The van der Waals surface area contributed by atoms with Crippen molar-refractivity contribution in [3.63, 3.8) is 0 Å². The Morgan fingerprint density at radius 2 is 2.00 bits per heavy atom. The van der Waals surface area contributed by atoms with E-state index in [0.29, 0.717) is 6.54 Å². The van der Waals surface area contributed by atoms with E-state index >= 15 is 0 Å². The molecule has 1 atom stereocenters. The number of urea groups is 1. The first kappa shape index (κ1) is 12.9. The van der Waals surface area contributed by atoms with Crippen molar-refractivity contribution in [2.24, 2.45) is 0 Å². The second kappa shape index (κ2) is 5.89. The van der Waals surface area contributed by atoms with Crippen LogP contribution in [0.15, 0.2) is 12.2 Å². The van der Waals surface area contributed by atoms with Gasteiger partial charge in [-0.1, -0.05) is 12.2 Å². The summed E-state index contributed by atoms with van der Waals surface area (Å²) in [6.45, 7) is 0.671. The number of piperidine rings is 1. The third kappa shape index (κ3) is 3.24. The Bertz CT molecular complexity index is 346. The fourth-order valence-electron chi connectivity index (χ4n) is 2.67. The molecule has 0 aromatic heterocycles. The number of carboxylic acid groups (broad SMARTS) is 1. The van der Waals surface area contributed by atoms with Crippen LogP contribution in [0.5, 0.6) is 0 Å². The number of nitrogens with zero attached hydrogens (tertiary/aromatic N) is 1. The molecular weight excluding hydrogens is 232 g/mol. The molecule has 0 spiro atoms. The zero-order chi connectivity index (χ0) is 13.0. The third-order valence-electron chi connectivity index (χ3n) is 3.63. The summed E-state index contributed by atoms with van der Waals surface area (Å²) in [6, 6.07) is -0.0647. The smallest absolute Gasteiger partial charge is 0.317 e. The fourth-order valence-corrected chi connectivity index (χ4v) is 2.67. The van der Waals surface area contributed by atoms with Crippen LogP contribution >= 0.6 is 0 Å². The highest BCUT2D eigenvalue weighted by Gasteiger charge is 2.29. The highest BCUT2D eigenvalue weighted by molar-refractivity contribution is 5.76. The molecule has 1 fully saturated rings. The van der Waals surface area contributed by atoms with E-state index < -0.39 is 5.97 Å². The van der Waals surface area contributed by atoms with E-state index in [-0.39, 0.29) is 24.5 Å². The minimum Gasteiger partial charge on any atom is -0.481 e. The van der Waals surface area contributed by atoms with E-state index in [9.17, 15) is 9.59 Å². The maximum Gasteiger partial charge on any atom is 0.317 e. The summed E-state index contributed by atoms with van der Waals surface area (Å²) in [5, 5.41) is 11.9. The molecule has 5 nitrogen and oxygen atoms in total. The lowest BCUT2D eigenvalue weighted by atomic mass is 10.00. The molecule has 1 aliphatic carbocycles. The van der Waals surface area contributed by atoms with Crippen LogP contribution in [-0.2, 0) is 4.79 Å². The first-order valence-corrected chi connectivity index (χ1v) is 6.60. The van der Waals surface area contributed by atoms with Gasteiger partial charge < -0.3 is 15.3 Å². The van der Waals surface area contributed by atoms with Crippen LogP contribution in [0.4, 0.5) is 4.79 Å². The number of aliphatic carboxylic acids is 1. The molecule has 2 N–H and O–H groups in total. The predicted molar refractivity (Wildman–Crippen MR) is 67.3 cm³/mol. The van der Waals surface area contributed by atoms with Gasteiger partial charge in [0, 0.05) is 18.6 Å². The number of hydrogen-bond donors (Lipinski definition) is 2. The van der Waals surface area contributed by atoms with Crippen LogP contribution in [0.2, 0.25) is 0 Å². The molecule has 0 bridgehead atoms. The van der Waals surface area contributed by atoms with Crippen molar-refractivity contribution in [3.05, 3.63) is 12.2 Å². The van der Waals surface area contributed by atoms with Gasteiger partial charge in [-0.15, -0.1) is 0 Å². The van der Waals surface area contributed by atoms with Crippen molar-refractivity contribution >= 4 is 12.0 Å². The molecule has 100 valence electrons. The SMILES string of the molecule is O=C(O)CC1CCCCN1C(=O)NC1CC=CC1. The fraction of sp³-hybridized carbons (Fsp3) is 0.692. The van der Waals surface area contributed by atoms with E-state index in [1.807, 2.05) is 0 Å². The Kier molecular flexibility index (Phi) is 4.23. The Balaban J connectivity index is 1.90. The summed E-state index contributed by atoms with van der Waals surface area (Å²) in [5.74, 6) is -0.831. The van der Waals surface area contributed by atoms with Gasteiger partial charge in [0.15, 0.2) is 0 Å². The molecule has 2 aliphatic rings. The lowest BCUT2D eigenvalue weighted by Gasteiger charge is -2.35. The maximum atomic E-state index is 12.1. The van der Waals surface area contributed by atoms with Crippen molar-refractivity contribution in [1.82, 2.24) is 10.2 Å². The molecular formula is C13H20N2O3. The van der Waals surface area contributed by atoms with Gasteiger partial charge in [-0.2, -0.15) is 0 Å². The van der Waals surface area contributed by atoms with E-state index in [2.05, 4.69) is 17.5 Å². The third-order valence-corrected chi connectivity index (χ3v) is 3.63. The normalized spacial score (nSPS) is 24.2. The van der Waals surface area contributed by atoms with Gasteiger partial charge in [0.1, 0.15) is 0 Å². The summed E-state index contributed by atoms with van der Waals surface area (Å²) < 4.78 is 0. The predicted octanol–water partition coefficient (Wildman–Crippen LogP) is 1.74. The minimum absolute atomic E-state index is 0.0519. The van der Waals surface area contributed by atoms with Crippen LogP contribution in [0.3, 0.4) is 0 Å². The van der Waals surface area contributed by atoms with Gasteiger partial charge in [0.25, 0.3) is 0 Å². The first-order chi connectivity index (χ1) is 8.66. The van der Waals surface area contributed by atoms with Crippen molar-refractivity contribution in [2.75, 3.05) is 6.54 Å². The second-order valence-electron chi connectivity index (χ2n) is 5.03. The highest BCUT2D eigenvalue weighted by Crippen LogP contribution is 2.20. The summed E-state index contributed by atoms with van der Waals surface area (Å²) in [7, 11) is 0. The lowest BCUT2D eigenvalue weighted by molar-refractivity contribution is -0.138. The molecule has 2 amide bonds. The average molecular weight is 252 g/mol. The van der Waals surface area contributed by atoms with Gasteiger partial charge in [-0.3, -0.25) is 4.79 Å². The largest absolute Gasteiger partial charge is 0.481 e. The number of rotatable bonds is 3. The van der Waals surface area contributed by atoms with Crippen LogP contribution in [0.25, 0.3) is 0 Å². The number of carbonyl (C=O) groups excluding carboxylic acids is 1. The van der Waals surface area contributed by atoms with E-state index in [0.717, 1.165) is 32.1 Å². The van der Waals surface area contributed by atoms with Crippen LogP contribution < -0.4 is 5.32 Å². The average Bonchev–Trinajstić information content (AvgIpc) is 2.81. The summed E-state index contributed by atoms with van der Waals surface area (Å²) in [4.78, 5) is 24.7. The molecule has 0 aromatic carbocycles. The van der Waals surface area contributed by atoms with Gasteiger partial charge in [-0.05, 0) is 32.1 Å². The topological polar surface area (TPSA) is 69.6 Å². The maximum absolute atomic E-state index is 12.1. The minimum atomic E-state index is -0.831. The van der Waals surface area contributed by atoms with E-state index in [1.165, 1.54) is 0 Å². The van der Waals surface area contributed by atoms with Crippen molar-refractivity contribution in [3.8, 4) is 0 Å². The van der Waals surface area contributed by atoms with E-state index in [1.54, 1.807) is 4.90 Å². The van der Waals surface area contributed by atoms with Gasteiger partial charge in [0.05, 0.1) is 6.42 Å². The quantitative estimate of drug-likeness (QED) is 0.752. The Morgan fingerprint density at radius 3 is 2.67 bits per heavy atom. The molecule has 18 heavy (non-hydrogen) atoms. The Morgan fingerprint density at radius 1 is 1.28 bits per heavy atom. The number of amides is 2. The number of nitrogens with one attached hydrogen (secondary N) is 1. The van der Waals surface area contributed by atoms with Crippen molar-refractivity contribution in [2.45, 2.75) is 50.6 Å². The molecule has 0 aromatic rings. The molecule has 5 heteroatoms. The van der Waals surface area contributed by atoms with Crippen molar-refractivity contribution < 1.29 is 14.7 Å². The van der Waals surface area contributed by atoms with Gasteiger partial charge in [-0.25, -0.2) is 4.79 Å². The monoisotopic (exact) mass is 252 g/mol. The molecule has 2 rings (SSSR count). The lowest BCUT2D eigenvalue weighted by Crippen LogP contribution is -2.51. The number of likely N-dealkylation sites (tertiary alicyclic amines) is 1. The van der Waals surface area contributed by atoms with Crippen LogP contribution in [-0.4, -0.2) is 40.6 Å². The van der Waals surface area contributed by atoms with Gasteiger partial charge >= 0.3 is 12.0 Å². The Hall–Kier alpha value is -1.52. The van der Waals surface area contributed by atoms with Crippen LogP contribution in [0, 0.1) is 0 Å². The van der Waals surface area contributed by atoms with Crippen LogP contribution in [0.1, 0.15) is 38.5 Å². The standard InChI is InChI=1S/C13H20N2O3/c16-12(17)9-11-7-3-4-8-15(11)13(18)14-10-5-1-2-6-10/h1-2,10-11H,3-9H2,(H,14,18)(H,16,17). The van der Waals surface area contributed by atoms with Gasteiger partial charge in [0.2, 0.25) is 0 Å². The zero-order valence-corrected chi connectivity index (χ0v) is 10.5. The molecule has 1 unspecified atom stereocenters. The second-order valence-corrected chi connectivity index (χ2v) is 5.03. The molecule has 0 radical (unpaired) electrons. The molecule has 0 saturated carbocycles. The number of carbonyl (C=O) groups is 2. The first-order valence-electron chi connectivity index (χ1n) is 6.60. The highest BCUT2D eigenvalue weighted by atomic mass is 16.4.